The van der Waals surface area contributed by atoms with E-state index in [9.17, 15) is 4.79 Å². The van der Waals surface area contributed by atoms with Gasteiger partial charge in [-0.25, -0.2) is 0 Å². The average Bonchev–Trinajstić information content (AvgIpc) is 3.19. The quantitative estimate of drug-likeness (QED) is 0.931. The second kappa shape index (κ2) is 6.31. The van der Waals surface area contributed by atoms with E-state index in [-0.39, 0.29) is 18.7 Å². The Kier molecular flexibility index (Phi) is 3.99. The zero-order valence-corrected chi connectivity index (χ0v) is 14.5. The summed E-state index contributed by atoms with van der Waals surface area (Å²) in [6, 6.07) is 14.3. The van der Waals surface area contributed by atoms with Gasteiger partial charge in [-0.3, -0.25) is 4.79 Å². The molecule has 2 aromatic carbocycles. The number of fused-ring (bicyclic) bond motifs is 2. The van der Waals surface area contributed by atoms with Gasteiger partial charge in [0.15, 0.2) is 11.5 Å². The van der Waals surface area contributed by atoms with Crippen LogP contribution in [0.5, 0.6) is 11.5 Å². The number of hydrogen-bond donors (Lipinski definition) is 1. The zero-order chi connectivity index (χ0) is 17.4. The number of anilines is 1. The van der Waals surface area contributed by atoms with Gasteiger partial charge in [-0.05, 0) is 49.6 Å². The second-order valence-electron chi connectivity index (χ2n) is 6.71. The van der Waals surface area contributed by atoms with Crippen LogP contribution in [0.2, 0.25) is 0 Å². The first-order valence-electron chi connectivity index (χ1n) is 8.65. The predicted octanol–water partition coefficient (Wildman–Crippen LogP) is 3.04. The normalized spacial score (nSPS) is 18.8. The van der Waals surface area contributed by atoms with E-state index < -0.39 is 0 Å². The Balaban J connectivity index is 1.42. The Morgan fingerprint density at radius 1 is 1.24 bits per heavy atom. The van der Waals surface area contributed by atoms with Gasteiger partial charge in [0.2, 0.25) is 12.7 Å². The van der Waals surface area contributed by atoms with Crippen molar-refractivity contribution in [1.82, 2.24) is 5.32 Å². The van der Waals surface area contributed by atoms with E-state index in [1.54, 1.807) is 0 Å². The van der Waals surface area contributed by atoms with Crippen molar-refractivity contribution in [1.29, 1.82) is 0 Å². The maximum absolute atomic E-state index is 12.6. The lowest BCUT2D eigenvalue weighted by Crippen LogP contribution is -2.40. The van der Waals surface area contributed by atoms with Crippen molar-refractivity contribution in [3.05, 3.63) is 53.6 Å². The molecule has 0 aromatic heterocycles. The zero-order valence-electron chi connectivity index (χ0n) is 14.5. The van der Waals surface area contributed by atoms with Crippen molar-refractivity contribution >= 4 is 11.6 Å². The highest BCUT2D eigenvalue weighted by Crippen LogP contribution is 2.34. The minimum Gasteiger partial charge on any atom is -0.454 e. The number of carbonyl (C=O) groups is 1. The van der Waals surface area contributed by atoms with Gasteiger partial charge in [0.25, 0.3) is 0 Å². The molecule has 2 aliphatic rings. The molecule has 2 atom stereocenters. The standard InChI is InChI=1S/C20H22N2O3/c1-13-9-16-5-3-4-6-17(16)22(13)11-20(23)21-14(2)15-7-8-18-19(10-15)25-12-24-18/h3-8,10,13-14H,9,11-12H2,1-2H3,(H,21,23)/t13-,14-/m0/s1. The van der Waals surface area contributed by atoms with Crippen LogP contribution >= 0.6 is 0 Å². The van der Waals surface area contributed by atoms with Gasteiger partial charge in [0.05, 0.1) is 12.6 Å². The number of ether oxygens (including phenoxy) is 2. The molecule has 2 aliphatic heterocycles. The summed E-state index contributed by atoms with van der Waals surface area (Å²) in [6.07, 6.45) is 0.987. The fourth-order valence-corrected chi connectivity index (χ4v) is 3.58. The van der Waals surface area contributed by atoms with E-state index >= 15 is 0 Å². The first-order valence-corrected chi connectivity index (χ1v) is 8.65. The third-order valence-corrected chi connectivity index (χ3v) is 4.94. The Hall–Kier alpha value is -2.69. The number of nitrogens with zero attached hydrogens (tertiary/aromatic N) is 1. The molecule has 0 radical (unpaired) electrons. The highest BCUT2D eigenvalue weighted by molar-refractivity contribution is 5.83. The smallest absolute Gasteiger partial charge is 0.240 e. The number of rotatable bonds is 4. The van der Waals surface area contributed by atoms with Crippen LogP contribution in [-0.2, 0) is 11.2 Å². The summed E-state index contributed by atoms with van der Waals surface area (Å²) in [5, 5.41) is 3.09. The second-order valence-corrected chi connectivity index (χ2v) is 6.71. The van der Waals surface area contributed by atoms with Crippen molar-refractivity contribution < 1.29 is 14.3 Å². The topological polar surface area (TPSA) is 50.8 Å². The SMILES string of the molecule is C[C@H](NC(=O)CN1c2ccccc2C[C@@H]1C)c1ccc2c(c1)OCO2. The van der Waals surface area contributed by atoms with Gasteiger partial charge >= 0.3 is 0 Å². The molecule has 0 fully saturated rings. The van der Waals surface area contributed by atoms with Gasteiger partial charge in [-0.15, -0.1) is 0 Å². The summed E-state index contributed by atoms with van der Waals surface area (Å²) in [7, 11) is 0. The molecule has 0 saturated carbocycles. The monoisotopic (exact) mass is 338 g/mol. The van der Waals surface area contributed by atoms with E-state index in [1.165, 1.54) is 11.3 Å². The first-order chi connectivity index (χ1) is 12.1. The summed E-state index contributed by atoms with van der Waals surface area (Å²) in [6.45, 7) is 4.77. The number of amides is 1. The van der Waals surface area contributed by atoms with Gasteiger partial charge in [-0.1, -0.05) is 24.3 Å². The maximum atomic E-state index is 12.6. The van der Waals surface area contributed by atoms with Crippen molar-refractivity contribution in [3.8, 4) is 11.5 Å². The molecule has 0 spiro atoms. The molecular weight excluding hydrogens is 316 g/mol. The summed E-state index contributed by atoms with van der Waals surface area (Å²) in [4.78, 5) is 14.7. The molecule has 1 N–H and O–H groups in total. The molecule has 25 heavy (non-hydrogen) atoms. The average molecular weight is 338 g/mol. The molecule has 1 amide bonds. The largest absolute Gasteiger partial charge is 0.454 e. The van der Waals surface area contributed by atoms with E-state index in [2.05, 4.69) is 35.3 Å². The first kappa shape index (κ1) is 15.8. The Morgan fingerprint density at radius 3 is 2.92 bits per heavy atom. The molecule has 4 rings (SSSR count). The molecule has 0 saturated heterocycles. The van der Waals surface area contributed by atoms with Crippen LogP contribution in [0, 0.1) is 0 Å². The van der Waals surface area contributed by atoms with Crippen molar-refractivity contribution in [2.24, 2.45) is 0 Å². The molecule has 0 bridgehead atoms. The van der Waals surface area contributed by atoms with E-state index in [1.807, 2.05) is 31.2 Å². The lowest BCUT2D eigenvalue weighted by molar-refractivity contribution is -0.120. The van der Waals surface area contributed by atoms with Gasteiger partial charge in [0.1, 0.15) is 0 Å². The minimum absolute atomic E-state index is 0.0220. The summed E-state index contributed by atoms with van der Waals surface area (Å²) >= 11 is 0. The third kappa shape index (κ3) is 3.02. The number of benzene rings is 2. The molecule has 0 aliphatic carbocycles. The lowest BCUT2D eigenvalue weighted by atomic mass is 10.1. The number of para-hydroxylation sites is 1. The number of hydrogen-bond acceptors (Lipinski definition) is 4. The highest BCUT2D eigenvalue weighted by Gasteiger charge is 2.27. The van der Waals surface area contributed by atoms with E-state index in [0.717, 1.165) is 23.5 Å². The molecule has 0 unspecified atom stereocenters. The Labute approximate surface area is 147 Å². The summed E-state index contributed by atoms with van der Waals surface area (Å²) in [5.41, 5.74) is 3.49. The van der Waals surface area contributed by atoms with Crippen LogP contribution in [0.4, 0.5) is 5.69 Å². The number of nitrogens with one attached hydrogen (secondary N) is 1. The lowest BCUT2D eigenvalue weighted by Gasteiger charge is -2.25. The van der Waals surface area contributed by atoms with Crippen molar-refractivity contribution in [3.63, 3.8) is 0 Å². The fraction of sp³-hybridized carbons (Fsp3) is 0.350. The fourth-order valence-electron chi connectivity index (χ4n) is 3.58. The highest BCUT2D eigenvalue weighted by atomic mass is 16.7. The third-order valence-electron chi connectivity index (χ3n) is 4.94. The van der Waals surface area contributed by atoms with E-state index in [4.69, 9.17) is 9.47 Å². The molecular formula is C20H22N2O3. The van der Waals surface area contributed by atoms with Crippen LogP contribution in [0.3, 0.4) is 0 Å². The maximum Gasteiger partial charge on any atom is 0.240 e. The van der Waals surface area contributed by atoms with Crippen LogP contribution in [0.15, 0.2) is 42.5 Å². The van der Waals surface area contributed by atoms with Crippen LogP contribution < -0.4 is 19.7 Å². The predicted molar refractivity (Wildman–Crippen MR) is 96.1 cm³/mol. The van der Waals surface area contributed by atoms with Crippen LogP contribution in [0.1, 0.15) is 31.0 Å². The van der Waals surface area contributed by atoms with Gasteiger partial charge < -0.3 is 19.7 Å². The van der Waals surface area contributed by atoms with E-state index in [0.29, 0.717) is 12.6 Å². The molecule has 5 heteroatoms. The Bertz CT molecular complexity index is 805. The minimum atomic E-state index is -0.0878. The molecule has 130 valence electrons. The van der Waals surface area contributed by atoms with Crippen molar-refractivity contribution in [2.75, 3.05) is 18.2 Å². The van der Waals surface area contributed by atoms with Crippen molar-refractivity contribution in [2.45, 2.75) is 32.4 Å². The van der Waals surface area contributed by atoms with Crippen LogP contribution in [-0.4, -0.2) is 25.3 Å². The Morgan fingerprint density at radius 2 is 2.04 bits per heavy atom. The summed E-state index contributed by atoms with van der Waals surface area (Å²) < 4.78 is 10.7. The molecule has 5 nitrogen and oxygen atoms in total. The van der Waals surface area contributed by atoms with Crippen LogP contribution in [0.25, 0.3) is 0 Å². The summed E-state index contributed by atoms with van der Waals surface area (Å²) in [5.74, 6) is 1.51. The van der Waals surface area contributed by atoms with Gasteiger partial charge in [0, 0.05) is 11.7 Å². The molecule has 2 heterocycles. The number of carbonyl (C=O) groups excluding carboxylic acids is 1. The molecule has 2 aromatic rings. The van der Waals surface area contributed by atoms with Gasteiger partial charge in [-0.2, -0.15) is 0 Å².